The van der Waals surface area contributed by atoms with Gasteiger partial charge in [0.25, 0.3) is 0 Å². The van der Waals surface area contributed by atoms with Crippen molar-refractivity contribution >= 4 is 22.8 Å². The summed E-state index contributed by atoms with van der Waals surface area (Å²) in [6.45, 7) is 22.6. The number of ether oxygens (including phenoxy) is 2. The molecular formula is C17H36O5Si2. The Labute approximate surface area is 149 Å². The van der Waals surface area contributed by atoms with Crippen LogP contribution in [0.25, 0.3) is 0 Å². The molecule has 142 valence electrons. The first kappa shape index (κ1) is 21.7. The van der Waals surface area contributed by atoms with E-state index in [2.05, 4.69) is 67.7 Å². The van der Waals surface area contributed by atoms with Crippen molar-refractivity contribution in [2.45, 2.75) is 90.0 Å². The van der Waals surface area contributed by atoms with Crippen LogP contribution in [0.15, 0.2) is 0 Å². The Kier molecular flexibility index (Phi) is 6.40. The second-order valence-electron chi connectivity index (χ2n) is 9.71. The van der Waals surface area contributed by atoms with Crippen molar-refractivity contribution in [2.24, 2.45) is 0 Å². The first-order valence-electron chi connectivity index (χ1n) is 8.72. The average Bonchev–Trinajstić information content (AvgIpc) is 2.72. The van der Waals surface area contributed by atoms with Crippen LogP contribution in [0.3, 0.4) is 0 Å². The summed E-state index contributed by atoms with van der Waals surface area (Å²) in [4.78, 5) is 11.6. The third-order valence-corrected chi connectivity index (χ3v) is 14.7. The molecule has 0 bridgehead atoms. The van der Waals surface area contributed by atoms with E-state index >= 15 is 0 Å². The van der Waals surface area contributed by atoms with Crippen LogP contribution < -0.4 is 0 Å². The number of hydrogen-bond donors (Lipinski definition) is 0. The summed E-state index contributed by atoms with van der Waals surface area (Å²) in [6, 6.07) is 0. The van der Waals surface area contributed by atoms with E-state index in [1.165, 1.54) is 0 Å². The molecule has 1 heterocycles. The van der Waals surface area contributed by atoms with E-state index in [4.69, 9.17) is 18.3 Å². The van der Waals surface area contributed by atoms with Gasteiger partial charge in [0.05, 0.1) is 13.2 Å². The molecule has 2 atom stereocenters. The first-order chi connectivity index (χ1) is 10.6. The molecule has 7 heteroatoms. The van der Waals surface area contributed by atoms with Crippen LogP contribution in [-0.2, 0) is 18.3 Å². The van der Waals surface area contributed by atoms with Crippen molar-refractivity contribution in [3.63, 3.8) is 0 Å². The lowest BCUT2D eigenvalue weighted by Gasteiger charge is -2.38. The lowest BCUT2D eigenvalue weighted by Crippen LogP contribution is -2.46. The summed E-state index contributed by atoms with van der Waals surface area (Å²) in [6.07, 6.45) is -1.41. The van der Waals surface area contributed by atoms with Gasteiger partial charge in [-0.05, 0) is 36.3 Å². The lowest BCUT2D eigenvalue weighted by atomic mass is 10.2. The number of carbonyl (C=O) groups is 1. The Morgan fingerprint density at radius 2 is 1.08 bits per heavy atom. The standard InChI is InChI=1S/C17H36O5Si2/c1-16(2,3)23(7,8)19-11-13-14(22-15(18)21-13)12-20-24(9,10)17(4,5)6/h13-14H,11-12H2,1-10H3/t13-,14-/m1/s1. The van der Waals surface area contributed by atoms with Gasteiger partial charge in [0, 0.05) is 0 Å². The Hall–Kier alpha value is -0.376. The van der Waals surface area contributed by atoms with E-state index in [1.807, 2.05) is 0 Å². The molecule has 0 amide bonds. The fourth-order valence-electron chi connectivity index (χ4n) is 1.72. The maximum Gasteiger partial charge on any atom is 0.509 e. The third-order valence-electron chi connectivity index (χ3n) is 5.74. The second-order valence-corrected chi connectivity index (χ2v) is 19.3. The molecule has 1 saturated heterocycles. The molecular weight excluding hydrogens is 340 g/mol. The summed E-state index contributed by atoms with van der Waals surface area (Å²) in [5.41, 5.74) is 0. The van der Waals surface area contributed by atoms with Gasteiger partial charge in [0.15, 0.2) is 28.8 Å². The van der Waals surface area contributed by atoms with Crippen LogP contribution in [0.5, 0.6) is 0 Å². The quantitative estimate of drug-likeness (QED) is 0.486. The molecule has 1 aliphatic heterocycles. The number of carbonyl (C=O) groups excluding carboxylic acids is 1. The van der Waals surface area contributed by atoms with Crippen LogP contribution in [-0.4, -0.2) is 48.2 Å². The molecule has 24 heavy (non-hydrogen) atoms. The van der Waals surface area contributed by atoms with E-state index in [9.17, 15) is 4.79 Å². The molecule has 0 saturated carbocycles. The van der Waals surface area contributed by atoms with E-state index in [0.717, 1.165) is 0 Å². The number of hydrogen-bond acceptors (Lipinski definition) is 5. The van der Waals surface area contributed by atoms with Crippen molar-refractivity contribution in [2.75, 3.05) is 13.2 Å². The van der Waals surface area contributed by atoms with Gasteiger partial charge in [0.2, 0.25) is 0 Å². The number of rotatable bonds is 6. The third kappa shape index (κ3) is 5.31. The SMILES string of the molecule is CC(C)(C)[Si](C)(C)OC[C@H]1OC(=O)O[C@@H]1CO[Si](C)(C)C(C)(C)C. The molecule has 0 aromatic carbocycles. The summed E-state index contributed by atoms with van der Waals surface area (Å²) in [5, 5.41) is 0.229. The van der Waals surface area contributed by atoms with Crippen LogP contribution in [0.4, 0.5) is 4.79 Å². The fraction of sp³-hybridized carbons (Fsp3) is 0.941. The summed E-state index contributed by atoms with van der Waals surface area (Å²) < 4.78 is 23.0. The summed E-state index contributed by atoms with van der Waals surface area (Å²) in [5.74, 6) is 0. The first-order valence-corrected chi connectivity index (χ1v) is 14.5. The molecule has 0 N–H and O–H groups in total. The fourth-order valence-corrected chi connectivity index (χ4v) is 3.75. The zero-order chi connectivity index (χ0) is 19.0. The molecule has 1 aliphatic rings. The number of cyclic esters (lactones) is 2. The predicted molar refractivity (Wildman–Crippen MR) is 101 cm³/mol. The Morgan fingerprint density at radius 3 is 1.33 bits per heavy atom. The maximum absolute atomic E-state index is 11.6. The molecule has 0 radical (unpaired) electrons. The van der Waals surface area contributed by atoms with Gasteiger partial charge in [-0.15, -0.1) is 0 Å². The molecule has 0 aromatic rings. The largest absolute Gasteiger partial charge is 0.509 e. The molecule has 0 aromatic heterocycles. The van der Waals surface area contributed by atoms with Gasteiger partial charge in [-0.3, -0.25) is 0 Å². The smallest absolute Gasteiger partial charge is 0.424 e. The minimum atomic E-state index is -1.89. The van der Waals surface area contributed by atoms with Gasteiger partial charge in [-0.25, -0.2) is 4.79 Å². The maximum atomic E-state index is 11.6. The zero-order valence-corrected chi connectivity index (χ0v) is 19.1. The summed E-state index contributed by atoms with van der Waals surface area (Å²) >= 11 is 0. The highest BCUT2D eigenvalue weighted by Crippen LogP contribution is 2.38. The average molecular weight is 377 g/mol. The molecule has 1 rings (SSSR count). The highest BCUT2D eigenvalue weighted by molar-refractivity contribution is 6.74. The minimum absolute atomic E-state index is 0.115. The highest BCUT2D eigenvalue weighted by atomic mass is 28.4. The van der Waals surface area contributed by atoms with Gasteiger partial charge in [0.1, 0.15) is 0 Å². The summed E-state index contributed by atoms with van der Waals surface area (Å²) in [7, 11) is -3.79. The molecule has 5 nitrogen and oxygen atoms in total. The monoisotopic (exact) mass is 376 g/mol. The second kappa shape index (κ2) is 7.09. The van der Waals surface area contributed by atoms with Crippen molar-refractivity contribution < 1.29 is 23.1 Å². The lowest BCUT2D eigenvalue weighted by molar-refractivity contribution is 0.0588. The van der Waals surface area contributed by atoms with Crippen LogP contribution in [0.2, 0.25) is 36.3 Å². The van der Waals surface area contributed by atoms with Crippen molar-refractivity contribution in [3.05, 3.63) is 0 Å². The molecule has 1 fully saturated rings. The zero-order valence-electron chi connectivity index (χ0n) is 17.1. The van der Waals surface area contributed by atoms with E-state index in [0.29, 0.717) is 13.2 Å². The van der Waals surface area contributed by atoms with Gasteiger partial charge in [-0.1, -0.05) is 41.5 Å². The topological polar surface area (TPSA) is 54.0 Å². The van der Waals surface area contributed by atoms with Crippen molar-refractivity contribution in [1.82, 2.24) is 0 Å². The van der Waals surface area contributed by atoms with Gasteiger partial charge < -0.3 is 18.3 Å². The molecule has 0 aliphatic carbocycles. The van der Waals surface area contributed by atoms with Crippen LogP contribution >= 0.6 is 0 Å². The van der Waals surface area contributed by atoms with Crippen molar-refractivity contribution in [3.8, 4) is 0 Å². The normalized spacial score (nSPS) is 23.2. The van der Waals surface area contributed by atoms with E-state index in [1.54, 1.807) is 0 Å². The van der Waals surface area contributed by atoms with Crippen LogP contribution in [0, 0.1) is 0 Å². The van der Waals surface area contributed by atoms with E-state index in [-0.39, 0.29) is 10.1 Å². The molecule has 0 spiro atoms. The van der Waals surface area contributed by atoms with Crippen molar-refractivity contribution in [1.29, 1.82) is 0 Å². The highest BCUT2D eigenvalue weighted by Gasteiger charge is 2.44. The van der Waals surface area contributed by atoms with Crippen LogP contribution in [0.1, 0.15) is 41.5 Å². The Balaban J connectivity index is 2.66. The molecule has 0 unspecified atom stereocenters. The Morgan fingerprint density at radius 1 is 0.792 bits per heavy atom. The van der Waals surface area contributed by atoms with Gasteiger partial charge in [-0.2, -0.15) is 0 Å². The van der Waals surface area contributed by atoms with Gasteiger partial charge >= 0.3 is 6.16 Å². The Bertz CT molecular complexity index is 409. The predicted octanol–water partition coefficient (Wildman–Crippen LogP) is 4.93. The van der Waals surface area contributed by atoms with E-state index < -0.39 is 35.0 Å². The minimum Gasteiger partial charge on any atom is -0.424 e.